The van der Waals surface area contributed by atoms with E-state index in [1.54, 1.807) is 36.1 Å². The van der Waals surface area contributed by atoms with Crippen LogP contribution in [0.5, 0.6) is 5.75 Å². The summed E-state index contributed by atoms with van der Waals surface area (Å²) in [6.45, 7) is 3.48. The van der Waals surface area contributed by atoms with Gasteiger partial charge in [0.15, 0.2) is 0 Å². The Bertz CT molecular complexity index is 1400. The van der Waals surface area contributed by atoms with Crippen molar-refractivity contribution in [2.45, 2.75) is 51.4 Å². The van der Waals surface area contributed by atoms with Crippen LogP contribution in [0.2, 0.25) is 0 Å². The van der Waals surface area contributed by atoms with Crippen LogP contribution >= 0.6 is 0 Å². The summed E-state index contributed by atoms with van der Waals surface area (Å²) in [5, 5.41) is 2.99. The molecule has 2 aromatic rings. The lowest BCUT2D eigenvalue weighted by Crippen LogP contribution is -2.35. The minimum atomic E-state index is -3.48. The molecule has 0 aromatic heterocycles. The zero-order valence-corrected chi connectivity index (χ0v) is 22.9. The standard InChI is InChI=1S/C28H34F2N4O4S/c1-2-39(36,37)32-20-3-4-22(23(16-20)33-11-8-27(6-7-27)9-12-33)26(35)31-21-15-19-5-14-38-25(19)24(17-21)34-13-10-28(29,30)18-34/h3-4,15-17,32H,2,5-14,18H2,1H3,(H,31,35). The second kappa shape index (κ2) is 9.53. The molecule has 11 heteroatoms. The Hall–Kier alpha value is -3.08. The van der Waals surface area contributed by atoms with E-state index in [-0.39, 0.29) is 31.2 Å². The number of hydrogen-bond acceptors (Lipinski definition) is 6. The zero-order valence-electron chi connectivity index (χ0n) is 22.1. The highest BCUT2D eigenvalue weighted by Crippen LogP contribution is 2.54. The first kappa shape index (κ1) is 26.2. The van der Waals surface area contributed by atoms with Crippen molar-refractivity contribution in [3.63, 3.8) is 0 Å². The summed E-state index contributed by atoms with van der Waals surface area (Å²) >= 11 is 0. The fourth-order valence-electron chi connectivity index (χ4n) is 5.93. The lowest BCUT2D eigenvalue weighted by atomic mass is 9.93. The third kappa shape index (κ3) is 5.37. The molecule has 1 aliphatic carbocycles. The van der Waals surface area contributed by atoms with Crippen LogP contribution in [0.1, 0.15) is 54.9 Å². The van der Waals surface area contributed by atoms with E-state index < -0.39 is 15.9 Å². The van der Waals surface area contributed by atoms with E-state index in [9.17, 15) is 22.0 Å². The number of alkyl halides is 2. The molecule has 0 unspecified atom stereocenters. The van der Waals surface area contributed by atoms with Gasteiger partial charge in [-0.2, -0.15) is 0 Å². The molecule has 4 aliphatic rings. The summed E-state index contributed by atoms with van der Waals surface area (Å²) in [5.41, 5.74) is 3.96. The van der Waals surface area contributed by atoms with Crippen molar-refractivity contribution in [2.75, 3.05) is 58.4 Å². The summed E-state index contributed by atoms with van der Waals surface area (Å²) in [6.07, 6.45) is 5.02. The van der Waals surface area contributed by atoms with Crippen LogP contribution in [0.25, 0.3) is 0 Å². The smallest absolute Gasteiger partial charge is 0.266 e. The second-order valence-electron chi connectivity index (χ2n) is 11.3. The molecule has 0 radical (unpaired) electrons. The maximum absolute atomic E-state index is 14.0. The first-order valence-corrected chi connectivity index (χ1v) is 15.3. The van der Waals surface area contributed by atoms with Crippen molar-refractivity contribution in [3.05, 3.63) is 41.5 Å². The van der Waals surface area contributed by atoms with Gasteiger partial charge < -0.3 is 19.9 Å². The number of halogens is 2. The van der Waals surface area contributed by atoms with Crippen LogP contribution < -0.4 is 24.6 Å². The molecule has 210 valence electrons. The van der Waals surface area contributed by atoms with Gasteiger partial charge in [0, 0.05) is 43.7 Å². The molecule has 8 nitrogen and oxygen atoms in total. The van der Waals surface area contributed by atoms with E-state index in [0.717, 1.165) is 31.5 Å². The maximum Gasteiger partial charge on any atom is 0.266 e. The molecule has 2 N–H and O–H groups in total. The van der Waals surface area contributed by atoms with Crippen LogP contribution in [0.15, 0.2) is 30.3 Å². The van der Waals surface area contributed by atoms with E-state index in [1.807, 2.05) is 6.07 Å². The molecular weight excluding hydrogens is 526 g/mol. The number of nitrogens with one attached hydrogen (secondary N) is 2. The normalized spacial score (nSPS) is 21.0. The van der Waals surface area contributed by atoms with Gasteiger partial charge in [0.2, 0.25) is 10.0 Å². The van der Waals surface area contributed by atoms with E-state index in [0.29, 0.717) is 52.5 Å². The molecule has 3 aliphatic heterocycles. The monoisotopic (exact) mass is 560 g/mol. The summed E-state index contributed by atoms with van der Waals surface area (Å²) in [6, 6.07) is 8.55. The number of amides is 1. The van der Waals surface area contributed by atoms with Gasteiger partial charge in [0.1, 0.15) is 5.75 Å². The van der Waals surface area contributed by atoms with E-state index in [4.69, 9.17) is 4.74 Å². The maximum atomic E-state index is 14.0. The molecule has 3 heterocycles. The number of rotatable bonds is 7. The minimum Gasteiger partial charge on any atom is -0.491 e. The lowest BCUT2D eigenvalue weighted by Gasteiger charge is -2.35. The molecular formula is C28H34F2N4O4S. The quantitative estimate of drug-likeness (QED) is 0.503. The number of benzene rings is 2. The van der Waals surface area contributed by atoms with Gasteiger partial charge in [0.25, 0.3) is 11.8 Å². The van der Waals surface area contributed by atoms with Gasteiger partial charge in [-0.3, -0.25) is 9.52 Å². The van der Waals surface area contributed by atoms with Crippen LogP contribution in [0.3, 0.4) is 0 Å². The number of fused-ring (bicyclic) bond motifs is 1. The highest BCUT2D eigenvalue weighted by molar-refractivity contribution is 7.92. The van der Waals surface area contributed by atoms with Gasteiger partial charge in [-0.25, -0.2) is 17.2 Å². The molecule has 39 heavy (non-hydrogen) atoms. The number of carbonyl (C=O) groups is 1. The number of carbonyl (C=O) groups excluding carboxylic acids is 1. The molecule has 0 atom stereocenters. The molecule has 0 bridgehead atoms. The average Bonchev–Trinajstić information content (AvgIpc) is 3.29. The van der Waals surface area contributed by atoms with E-state index in [1.165, 1.54) is 12.8 Å². The number of piperidine rings is 1. The first-order valence-electron chi connectivity index (χ1n) is 13.7. The Kier molecular flexibility index (Phi) is 6.39. The van der Waals surface area contributed by atoms with Gasteiger partial charge >= 0.3 is 0 Å². The molecule has 1 spiro atoms. The third-order valence-electron chi connectivity index (χ3n) is 8.55. The highest BCUT2D eigenvalue weighted by atomic mass is 32.2. The van der Waals surface area contributed by atoms with Gasteiger partial charge in [-0.15, -0.1) is 0 Å². The van der Waals surface area contributed by atoms with Crippen LogP contribution in [0.4, 0.5) is 31.5 Å². The molecule has 3 fully saturated rings. The Morgan fingerprint density at radius 3 is 2.36 bits per heavy atom. The number of hydrogen-bond donors (Lipinski definition) is 2. The molecule has 2 aromatic carbocycles. The number of sulfonamides is 1. The van der Waals surface area contributed by atoms with E-state index >= 15 is 0 Å². The number of nitrogens with zero attached hydrogens (tertiary/aromatic N) is 2. The molecule has 1 amide bonds. The summed E-state index contributed by atoms with van der Waals surface area (Å²) in [7, 11) is -3.48. The van der Waals surface area contributed by atoms with Crippen molar-refractivity contribution < 1.29 is 26.7 Å². The lowest BCUT2D eigenvalue weighted by molar-refractivity contribution is 0.0257. The highest BCUT2D eigenvalue weighted by Gasteiger charge is 2.45. The Balaban J connectivity index is 1.29. The minimum absolute atomic E-state index is 0.0515. The summed E-state index contributed by atoms with van der Waals surface area (Å²) in [4.78, 5) is 17.5. The predicted molar refractivity (Wildman–Crippen MR) is 148 cm³/mol. The van der Waals surface area contributed by atoms with Crippen LogP contribution in [0, 0.1) is 5.41 Å². The van der Waals surface area contributed by atoms with Crippen molar-refractivity contribution in [1.82, 2.24) is 0 Å². The molecule has 2 saturated heterocycles. The number of ether oxygens (including phenoxy) is 1. The molecule has 6 rings (SSSR count). The molecule has 1 saturated carbocycles. The third-order valence-corrected chi connectivity index (χ3v) is 9.86. The van der Waals surface area contributed by atoms with Crippen molar-refractivity contribution in [3.8, 4) is 5.75 Å². The average molecular weight is 561 g/mol. The Labute approximate surface area is 227 Å². The van der Waals surface area contributed by atoms with Crippen LogP contribution in [-0.2, 0) is 16.4 Å². The Morgan fingerprint density at radius 1 is 0.974 bits per heavy atom. The summed E-state index contributed by atoms with van der Waals surface area (Å²) < 4.78 is 60.8. The Morgan fingerprint density at radius 2 is 1.69 bits per heavy atom. The fourth-order valence-corrected chi connectivity index (χ4v) is 6.56. The zero-order chi connectivity index (χ0) is 27.4. The predicted octanol–water partition coefficient (Wildman–Crippen LogP) is 4.86. The van der Waals surface area contributed by atoms with Crippen LogP contribution in [-0.4, -0.2) is 58.8 Å². The van der Waals surface area contributed by atoms with Gasteiger partial charge in [0.05, 0.1) is 41.5 Å². The van der Waals surface area contributed by atoms with Crippen molar-refractivity contribution in [2.24, 2.45) is 5.41 Å². The first-order chi connectivity index (χ1) is 18.6. The van der Waals surface area contributed by atoms with Gasteiger partial charge in [-0.1, -0.05) is 0 Å². The van der Waals surface area contributed by atoms with Crippen molar-refractivity contribution in [1.29, 1.82) is 0 Å². The summed E-state index contributed by atoms with van der Waals surface area (Å²) in [5.74, 6) is -2.53. The largest absolute Gasteiger partial charge is 0.491 e. The number of anilines is 4. The SMILES string of the molecule is CCS(=O)(=O)Nc1ccc(C(=O)Nc2cc3c(c(N4CCC(F)(F)C4)c2)OCC3)c(N2CCC3(CC2)CC3)c1. The fraction of sp³-hybridized carbons (Fsp3) is 0.536. The topological polar surface area (TPSA) is 91.0 Å². The van der Waals surface area contributed by atoms with E-state index in [2.05, 4.69) is 14.9 Å². The van der Waals surface area contributed by atoms with Gasteiger partial charge in [-0.05, 0) is 68.4 Å². The second-order valence-corrected chi connectivity index (χ2v) is 13.3. The van der Waals surface area contributed by atoms with Crippen molar-refractivity contribution >= 4 is 38.7 Å².